The van der Waals surface area contributed by atoms with Crippen LogP contribution < -0.4 is 0 Å². The van der Waals surface area contributed by atoms with E-state index < -0.39 is 0 Å². The van der Waals surface area contributed by atoms with E-state index >= 15 is 0 Å². The van der Waals surface area contributed by atoms with Gasteiger partial charge in [0.05, 0.1) is 0 Å². The van der Waals surface area contributed by atoms with E-state index in [-0.39, 0.29) is 0 Å². The second kappa shape index (κ2) is 3.61. The van der Waals surface area contributed by atoms with Crippen LogP contribution in [0.25, 0.3) is 6.08 Å². The first kappa shape index (κ1) is 9.51. The minimum Gasteiger partial charge on any atom is -0.0643 e. The van der Waals surface area contributed by atoms with E-state index in [2.05, 4.69) is 51.5 Å². The summed E-state index contributed by atoms with van der Waals surface area (Å²) in [6.45, 7) is 6.68. The van der Waals surface area contributed by atoms with Crippen molar-refractivity contribution in [2.45, 2.75) is 27.2 Å². The fraction of sp³-hybridized carbons (Fsp3) is 0.357. The SMILES string of the molecule is CC1=Cc2cc(CC(C)C)ccc2[CH]1. The van der Waals surface area contributed by atoms with E-state index in [1.165, 1.54) is 28.7 Å². The molecule has 0 bridgehead atoms. The monoisotopic (exact) mass is 185 g/mol. The van der Waals surface area contributed by atoms with Crippen molar-refractivity contribution in [1.82, 2.24) is 0 Å². The Morgan fingerprint density at radius 3 is 2.64 bits per heavy atom. The number of benzene rings is 1. The molecule has 0 atom stereocenters. The molecule has 1 aliphatic rings. The predicted molar refractivity (Wildman–Crippen MR) is 62.0 cm³/mol. The van der Waals surface area contributed by atoms with E-state index in [4.69, 9.17) is 0 Å². The van der Waals surface area contributed by atoms with Crippen LogP contribution in [0.1, 0.15) is 37.5 Å². The summed E-state index contributed by atoms with van der Waals surface area (Å²) in [6, 6.07) is 6.81. The van der Waals surface area contributed by atoms with Gasteiger partial charge in [0.1, 0.15) is 0 Å². The van der Waals surface area contributed by atoms with Crippen molar-refractivity contribution in [1.29, 1.82) is 0 Å². The average molecular weight is 185 g/mol. The standard InChI is InChI=1S/C14H17/c1-10(2)6-12-4-5-13-7-11(3)8-14(13)9-12/h4-5,7-10H,6H2,1-3H3. The van der Waals surface area contributed by atoms with Crippen molar-refractivity contribution < 1.29 is 0 Å². The maximum Gasteiger partial charge on any atom is 0.0161 e. The maximum absolute atomic E-state index is 2.32. The molecule has 0 saturated carbocycles. The molecule has 1 aliphatic carbocycles. The number of hydrogen-bond donors (Lipinski definition) is 0. The summed E-state index contributed by atoms with van der Waals surface area (Å²) in [4.78, 5) is 0. The topological polar surface area (TPSA) is 0 Å². The summed E-state index contributed by atoms with van der Waals surface area (Å²) in [5.41, 5.74) is 5.58. The van der Waals surface area contributed by atoms with Gasteiger partial charge in [-0.15, -0.1) is 0 Å². The average Bonchev–Trinajstić information content (AvgIpc) is 2.42. The van der Waals surface area contributed by atoms with Crippen LogP contribution in [0.15, 0.2) is 23.8 Å². The maximum atomic E-state index is 2.32. The summed E-state index contributed by atoms with van der Waals surface area (Å²) in [6.07, 6.45) is 5.69. The van der Waals surface area contributed by atoms with Crippen LogP contribution in [0.2, 0.25) is 0 Å². The van der Waals surface area contributed by atoms with Crippen LogP contribution in [0.5, 0.6) is 0 Å². The van der Waals surface area contributed by atoms with Crippen molar-refractivity contribution in [3.8, 4) is 0 Å². The van der Waals surface area contributed by atoms with Crippen LogP contribution in [0.4, 0.5) is 0 Å². The Labute approximate surface area is 86.7 Å². The molecule has 14 heavy (non-hydrogen) atoms. The first-order valence-electron chi connectivity index (χ1n) is 5.31. The van der Waals surface area contributed by atoms with E-state index in [0.717, 1.165) is 5.92 Å². The van der Waals surface area contributed by atoms with Crippen molar-refractivity contribution in [3.63, 3.8) is 0 Å². The summed E-state index contributed by atoms with van der Waals surface area (Å²) in [5.74, 6) is 0.739. The number of rotatable bonds is 2. The molecule has 1 aromatic rings. The van der Waals surface area contributed by atoms with Gasteiger partial charge in [-0.05, 0) is 36.0 Å². The summed E-state index contributed by atoms with van der Waals surface area (Å²) in [7, 11) is 0. The van der Waals surface area contributed by atoms with Crippen molar-refractivity contribution >= 4 is 6.08 Å². The first-order valence-corrected chi connectivity index (χ1v) is 5.31. The van der Waals surface area contributed by atoms with Gasteiger partial charge >= 0.3 is 0 Å². The Balaban J connectivity index is 2.27. The molecule has 0 saturated heterocycles. The third-order valence-electron chi connectivity index (χ3n) is 2.56. The van der Waals surface area contributed by atoms with Crippen molar-refractivity contribution in [2.75, 3.05) is 0 Å². The quantitative estimate of drug-likeness (QED) is 0.656. The molecule has 0 nitrogen and oxygen atoms in total. The zero-order chi connectivity index (χ0) is 10.1. The van der Waals surface area contributed by atoms with Gasteiger partial charge in [0.2, 0.25) is 0 Å². The molecule has 1 aromatic carbocycles. The molecular weight excluding hydrogens is 168 g/mol. The van der Waals surface area contributed by atoms with Crippen LogP contribution in [0.3, 0.4) is 0 Å². The molecule has 0 N–H and O–H groups in total. The molecule has 0 aliphatic heterocycles. The van der Waals surface area contributed by atoms with Crippen LogP contribution in [0, 0.1) is 12.3 Å². The Morgan fingerprint density at radius 1 is 1.14 bits per heavy atom. The highest BCUT2D eigenvalue weighted by Crippen LogP contribution is 2.27. The van der Waals surface area contributed by atoms with Gasteiger partial charge in [-0.1, -0.05) is 43.7 Å². The van der Waals surface area contributed by atoms with Crippen LogP contribution in [-0.2, 0) is 6.42 Å². The van der Waals surface area contributed by atoms with Crippen LogP contribution >= 0.6 is 0 Å². The highest BCUT2D eigenvalue weighted by Gasteiger charge is 2.10. The van der Waals surface area contributed by atoms with E-state index in [0.29, 0.717) is 0 Å². The Morgan fingerprint density at radius 2 is 1.93 bits per heavy atom. The fourth-order valence-corrected chi connectivity index (χ4v) is 2.01. The van der Waals surface area contributed by atoms with Gasteiger partial charge in [0, 0.05) is 6.42 Å². The molecule has 1 radical (unpaired) electrons. The lowest BCUT2D eigenvalue weighted by Gasteiger charge is -2.06. The minimum absolute atomic E-state index is 0.739. The lowest BCUT2D eigenvalue weighted by atomic mass is 9.99. The second-order valence-electron chi connectivity index (χ2n) is 4.59. The number of hydrogen-bond acceptors (Lipinski definition) is 0. The molecule has 0 aromatic heterocycles. The lowest BCUT2D eigenvalue weighted by molar-refractivity contribution is 0.647. The van der Waals surface area contributed by atoms with Gasteiger partial charge < -0.3 is 0 Å². The molecule has 73 valence electrons. The van der Waals surface area contributed by atoms with Crippen LogP contribution in [-0.4, -0.2) is 0 Å². The van der Waals surface area contributed by atoms with E-state index in [1.807, 2.05) is 0 Å². The van der Waals surface area contributed by atoms with E-state index in [1.54, 1.807) is 0 Å². The highest BCUT2D eigenvalue weighted by atomic mass is 14.1. The molecule has 0 spiro atoms. The normalized spacial score (nSPS) is 14.4. The molecular formula is C14H17. The fourth-order valence-electron chi connectivity index (χ4n) is 2.01. The minimum atomic E-state index is 0.739. The van der Waals surface area contributed by atoms with E-state index in [9.17, 15) is 0 Å². The first-order chi connectivity index (χ1) is 6.65. The number of allylic oxidation sites excluding steroid dienone is 1. The van der Waals surface area contributed by atoms with Gasteiger partial charge in [-0.25, -0.2) is 0 Å². The Kier molecular flexibility index (Phi) is 2.45. The zero-order valence-corrected chi connectivity index (χ0v) is 9.17. The van der Waals surface area contributed by atoms with Gasteiger partial charge in [-0.2, -0.15) is 0 Å². The van der Waals surface area contributed by atoms with Crippen molar-refractivity contribution in [2.24, 2.45) is 5.92 Å². The third kappa shape index (κ3) is 1.89. The molecule has 0 fully saturated rings. The molecule has 0 heteroatoms. The van der Waals surface area contributed by atoms with Gasteiger partial charge in [0.25, 0.3) is 0 Å². The highest BCUT2D eigenvalue weighted by molar-refractivity contribution is 5.69. The smallest absolute Gasteiger partial charge is 0.0161 e. The summed E-state index contributed by atoms with van der Waals surface area (Å²) >= 11 is 0. The summed E-state index contributed by atoms with van der Waals surface area (Å²) < 4.78 is 0. The van der Waals surface area contributed by atoms with Gasteiger partial charge in [-0.3, -0.25) is 0 Å². The predicted octanol–water partition coefficient (Wildman–Crippen LogP) is 3.85. The Bertz CT molecular complexity index is 370. The van der Waals surface area contributed by atoms with Crippen molar-refractivity contribution in [3.05, 3.63) is 46.9 Å². The second-order valence-corrected chi connectivity index (χ2v) is 4.59. The summed E-state index contributed by atoms with van der Waals surface area (Å²) in [5, 5.41) is 0. The Hall–Kier alpha value is -1.04. The van der Waals surface area contributed by atoms with Gasteiger partial charge in [0.15, 0.2) is 0 Å². The molecule has 0 amide bonds. The molecule has 0 unspecified atom stereocenters. The lowest BCUT2D eigenvalue weighted by Crippen LogP contribution is -1.94. The largest absolute Gasteiger partial charge is 0.0643 e. The molecule has 0 heterocycles. The number of fused-ring (bicyclic) bond motifs is 1. The zero-order valence-electron chi connectivity index (χ0n) is 9.17. The third-order valence-corrected chi connectivity index (χ3v) is 2.56. The molecule has 2 rings (SSSR count).